The van der Waals surface area contributed by atoms with Gasteiger partial charge in [0.25, 0.3) is 0 Å². The van der Waals surface area contributed by atoms with Crippen LogP contribution in [0, 0.1) is 0 Å². The van der Waals surface area contributed by atoms with Crippen molar-refractivity contribution in [3.63, 3.8) is 0 Å². The molecule has 0 spiro atoms. The van der Waals surface area contributed by atoms with Crippen molar-refractivity contribution >= 4 is 23.8 Å². The number of hydrogen-bond acceptors (Lipinski definition) is 1. The molecule has 0 aromatic heterocycles. The van der Waals surface area contributed by atoms with Gasteiger partial charge >= 0.3 is 0 Å². The van der Waals surface area contributed by atoms with E-state index in [0.717, 1.165) is 5.75 Å². The van der Waals surface area contributed by atoms with Crippen LogP contribution < -0.4 is 20.7 Å². The molecule has 0 saturated heterocycles. The third-order valence-corrected chi connectivity index (χ3v) is 6.03. The number of hydrogen-bond donors (Lipinski definition) is 0. The molecule has 0 aliphatic carbocycles. The highest BCUT2D eigenvalue weighted by atomic mass is 31.1. The maximum absolute atomic E-state index is 6.27. The molecule has 0 heterocycles. The molecular formula is C22H23OP. The summed E-state index contributed by atoms with van der Waals surface area (Å²) in [7, 11) is -0.645. The lowest BCUT2D eigenvalue weighted by Gasteiger charge is -2.27. The van der Waals surface area contributed by atoms with Crippen LogP contribution in [0.5, 0.6) is 5.75 Å². The van der Waals surface area contributed by atoms with Gasteiger partial charge in [-0.2, -0.15) is 0 Å². The Morgan fingerprint density at radius 1 is 0.625 bits per heavy atom. The van der Waals surface area contributed by atoms with E-state index >= 15 is 0 Å². The number of rotatable bonds is 4. The van der Waals surface area contributed by atoms with E-state index in [2.05, 4.69) is 99.6 Å². The van der Waals surface area contributed by atoms with E-state index in [1.54, 1.807) is 0 Å². The molecule has 0 aliphatic rings. The maximum atomic E-state index is 6.27. The van der Waals surface area contributed by atoms with Crippen LogP contribution in [-0.2, 0) is 0 Å². The summed E-state index contributed by atoms with van der Waals surface area (Å²) in [6, 6.07) is 29.9. The van der Waals surface area contributed by atoms with Crippen LogP contribution in [0.1, 0.15) is 20.8 Å². The molecule has 0 amide bonds. The Hall–Kier alpha value is -2.11. The Morgan fingerprint density at radius 2 is 1.08 bits per heavy atom. The highest BCUT2D eigenvalue weighted by Crippen LogP contribution is 2.37. The summed E-state index contributed by atoms with van der Waals surface area (Å²) in [6.45, 7) is 6.28. The second-order valence-corrected chi connectivity index (χ2v) is 8.87. The van der Waals surface area contributed by atoms with Gasteiger partial charge in [0.05, 0.1) is 0 Å². The van der Waals surface area contributed by atoms with Crippen LogP contribution in [-0.4, -0.2) is 5.60 Å². The molecule has 24 heavy (non-hydrogen) atoms. The van der Waals surface area contributed by atoms with Gasteiger partial charge in [-0.3, -0.25) is 0 Å². The summed E-state index contributed by atoms with van der Waals surface area (Å²) >= 11 is 0. The van der Waals surface area contributed by atoms with Crippen LogP contribution in [0.25, 0.3) is 0 Å². The molecule has 0 bridgehead atoms. The van der Waals surface area contributed by atoms with Crippen LogP contribution in [0.3, 0.4) is 0 Å². The molecule has 2 heteroatoms. The van der Waals surface area contributed by atoms with E-state index in [1.807, 2.05) is 6.07 Å². The highest BCUT2D eigenvalue weighted by molar-refractivity contribution is 7.80. The quantitative estimate of drug-likeness (QED) is 0.633. The summed E-state index contributed by atoms with van der Waals surface area (Å²) in [5.74, 6) is 0.976. The van der Waals surface area contributed by atoms with Crippen LogP contribution in [0.15, 0.2) is 84.9 Å². The molecule has 0 unspecified atom stereocenters. The fraction of sp³-hybridized carbons (Fsp3) is 0.182. The van der Waals surface area contributed by atoms with E-state index in [9.17, 15) is 0 Å². The molecule has 122 valence electrons. The SMILES string of the molecule is CC(C)(C)Oc1ccccc1P(c1ccccc1)c1ccccc1. The molecule has 0 N–H and O–H groups in total. The summed E-state index contributed by atoms with van der Waals surface area (Å²) in [6.07, 6.45) is 0. The fourth-order valence-corrected chi connectivity index (χ4v) is 5.01. The molecule has 0 fully saturated rings. The number of benzene rings is 3. The molecule has 1 nitrogen and oxygen atoms in total. The summed E-state index contributed by atoms with van der Waals surface area (Å²) in [5.41, 5.74) is -0.218. The minimum Gasteiger partial charge on any atom is -0.487 e. The monoisotopic (exact) mass is 334 g/mol. The molecule has 3 aromatic rings. The van der Waals surface area contributed by atoms with E-state index in [4.69, 9.17) is 4.74 Å². The maximum Gasteiger partial charge on any atom is 0.128 e. The Morgan fingerprint density at radius 3 is 1.58 bits per heavy atom. The topological polar surface area (TPSA) is 9.23 Å². The first-order valence-electron chi connectivity index (χ1n) is 8.23. The van der Waals surface area contributed by atoms with E-state index in [0.29, 0.717) is 0 Å². The zero-order chi connectivity index (χ0) is 17.0. The van der Waals surface area contributed by atoms with E-state index < -0.39 is 7.92 Å². The Bertz CT molecular complexity index is 736. The summed E-state index contributed by atoms with van der Waals surface area (Å²) in [4.78, 5) is 0. The Labute approximate surface area is 146 Å². The average Bonchev–Trinajstić information content (AvgIpc) is 2.57. The van der Waals surface area contributed by atoms with Gasteiger partial charge in [-0.25, -0.2) is 0 Å². The zero-order valence-corrected chi connectivity index (χ0v) is 15.3. The van der Waals surface area contributed by atoms with Gasteiger partial charge in [0.15, 0.2) is 0 Å². The standard InChI is InChI=1S/C22H23OP/c1-22(2,3)23-20-16-10-11-17-21(20)24(18-12-6-4-7-13-18)19-14-8-5-9-15-19/h4-17H,1-3H3. The molecular weight excluding hydrogens is 311 g/mol. The predicted octanol–water partition coefficient (Wildman–Crippen LogP) is 4.62. The van der Waals surface area contributed by atoms with Gasteiger partial charge < -0.3 is 4.74 Å². The first kappa shape index (κ1) is 16.7. The largest absolute Gasteiger partial charge is 0.487 e. The smallest absolute Gasteiger partial charge is 0.128 e. The Kier molecular flexibility index (Phi) is 5.02. The number of ether oxygens (including phenoxy) is 1. The van der Waals surface area contributed by atoms with E-state index in [1.165, 1.54) is 15.9 Å². The average molecular weight is 334 g/mol. The van der Waals surface area contributed by atoms with Crippen molar-refractivity contribution in [2.75, 3.05) is 0 Å². The summed E-state index contributed by atoms with van der Waals surface area (Å²) < 4.78 is 6.27. The third kappa shape index (κ3) is 4.04. The van der Waals surface area contributed by atoms with Crippen molar-refractivity contribution in [3.8, 4) is 5.75 Å². The predicted molar refractivity (Wildman–Crippen MR) is 106 cm³/mol. The lowest BCUT2D eigenvalue weighted by Crippen LogP contribution is -2.28. The molecule has 3 aromatic carbocycles. The van der Waals surface area contributed by atoms with Crippen molar-refractivity contribution < 1.29 is 4.74 Å². The lowest BCUT2D eigenvalue weighted by atomic mass is 10.2. The van der Waals surface area contributed by atoms with Crippen molar-refractivity contribution in [1.29, 1.82) is 0 Å². The molecule has 0 saturated carbocycles. The van der Waals surface area contributed by atoms with Gasteiger partial charge in [-0.1, -0.05) is 78.9 Å². The zero-order valence-electron chi connectivity index (χ0n) is 14.4. The van der Waals surface area contributed by atoms with Gasteiger partial charge in [0.2, 0.25) is 0 Å². The highest BCUT2D eigenvalue weighted by Gasteiger charge is 2.22. The third-order valence-electron chi connectivity index (χ3n) is 3.55. The van der Waals surface area contributed by atoms with Crippen molar-refractivity contribution in [3.05, 3.63) is 84.9 Å². The minimum atomic E-state index is -0.645. The van der Waals surface area contributed by atoms with Crippen LogP contribution in [0.2, 0.25) is 0 Å². The van der Waals surface area contributed by atoms with Crippen molar-refractivity contribution in [1.82, 2.24) is 0 Å². The Balaban J connectivity index is 2.14. The van der Waals surface area contributed by atoms with Crippen molar-refractivity contribution in [2.24, 2.45) is 0 Å². The van der Waals surface area contributed by atoms with E-state index in [-0.39, 0.29) is 5.60 Å². The molecule has 0 radical (unpaired) electrons. The van der Waals surface area contributed by atoms with Crippen LogP contribution >= 0.6 is 7.92 Å². The van der Waals surface area contributed by atoms with Gasteiger partial charge in [0, 0.05) is 5.30 Å². The normalized spacial score (nSPS) is 11.5. The first-order valence-corrected chi connectivity index (χ1v) is 9.57. The molecule has 0 aliphatic heterocycles. The lowest BCUT2D eigenvalue weighted by molar-refractivity contribution is 0.132. The van der Waals surface area contributed by atoms with Gasteiger partial charge in [-0.05, 0) is 45.4 Å². The van der Waals surface area contributed by atoms with Crippen LogP contribution in [0.4, 0.5) is 0 Å². The first-order chi connectivity index (χ1) is 11.5. The minimum absolute atomic E-state index is 0.218. The van der Waals surface area contributed by atoms with Gasteiger partial charge in [-0.15, -0.1) is 0 Å². The fourth-order valence-electron chi connectivity index (χ4n) is 2.64. The molecule has 0 atom stereocenters. The summed E-state index contributed by atoms with van der Waals surface area (Å²) in [5, 5.41) is 3.94. The molecule has 3 rings (SSSR count). The number of para-hydroxylation sites is 1. The second-order valence-electron chi connectivity index (χ2n) is 6.69. The van der Waals surface area contributed by atoms with Crippen molar-refractivity contribution in [2.45, 2.75) is 26.4 Å². The van der Waals surface area contributed by atoms with Gasteiger partial charge in [0.1, 0.15) is 11.4 Å². The second kappa shape index (κ2) is 7.20.